The van der Waals surface area contributed by atoms with E-state index in [9.17, 15) is 4.79 Å². The number of hydrogen-bond donors (Lipinski definition) is 0. The molecule has 5 heteroatoms. The summed E-state index contributed by atoms with van der Waals surface area (Å²) in [4.78, 5) is 21.9. The van der Waals surface area contributed by atoms with Gasteiger partial charge >= 0.3 is 6.09 Å². The molecule has 26 heavy (non-hydrogen) atoms. The topological polar surface area (TPSA) is 45.7 Å². The molecule has 2 aliphatic rings. The molecule has 1 saturated heterocycles. The zero-order valence-electron chi connectivity index (χ0n) is 16.7. The summed E-state index contributed by atoms with van der Waals surface area (Å²) >= 11 is 0. The van der Waals surface area contributed by atoms with Gasteiger partial charge in [0.2, 0.25) is 0 Å². The minimum absolute atomic E-state index is 0.226. The van der Waals surface area contributed by atoms with Crippen LogP contribution in [0.25, 0.3) is 0 Å². The Morgan fingerprint density at radius 2 is 2.12 bits per heavy atom. The van der Waals surface area contributed by atoms with Crippen LogP contribution < -0.4 is 4.90 Å². The lowest BCUT2D eigenvalue weighted by Crippen LogP contribution is -2.40. The van der Waals surface area contributed by atoms with Crippen LogP contribution in [0.2, 0.25) is 0 Å². The van der Waals surface area contributed by atoms with E-state index in [1.165, 1.54) is 24.8 Å². The van der Waals surface area contributed by atoms with Crippen molar-refractivity contribution in [3.63, 3.8) is 0 Å². The van der Waals surface area contributed by atoms with E-state index in [4.69, 9.17) is 4.74 Å². The number of aromatic nitrogens is 1. The van der Waals surface area contributed by atoms with Crippen molar-refractivity contribution in [1.29, 1.82) is 0 Å². The van der Waals surface area contributed by atoms with Gasteiger partial charge in [0, 0.05) is 23.8 Å². The van der Waals surface area contributed by atoms with Crippen LogP contribution in [0.1, 0.15) is 77.8 Å². The highest BCUT2D eigenvalue weighted by atomic mass is 16.6. The van der Waals surface area contributed by atoms with E-state index in [-0.39, 0.29) is 12.1 Å². The third-order valence-corrected chi connectivity index (χ3v) is 5.07. The maximum Gasteiger partial charge on any atom is 0.416 e. The number of nitrogens with zero attached hydrogens (tertiary/aromatic N) is 3. The molecule has 0 spiro atoms. The second-order valence-corrected chi connectivity index (χ2v) is 8.55. The lowest BCUT2D eigenvalue weighted by Gasteiger charge is -2.31. The van der Waals surface area contributed by atoms with E-state index in [1.807, 2.05) is 31.7 Å². The van der Waals surface area contributed by atoms with Gasteiger partial charge in [0.1, 0.15) is 11.4 Å². The summed E-state index contributed by atoms with van der Waals surface area (Å²) in [6, 6.07) is 4.73. The lowest BCUT2D eigenvalue weighted by molar-refractivity contribution is 0.0576. The highest BCUT2D eigenvalue weighted by Gasteiger charge is 2.40. The largest absolute Gasteiger partial charge is 0.443 e. The number of anilines is 1. The number of carbonyl (C=O) groups is 1. The third kappa shape index (κ3) is 4.56. The number of unbranched alkanes of at least 4 members (excludes halogenated alkanes) is 1. The summed E-state index contributed by atoms with van der Waals surface area (Å²) in [5.74, 6) is 0.803. The van der Waals surface area contributed by atoms with Gasteiger partial charge in [0.15, 0.2) is 0 Å². The van der Waals surface area contributed by atoms with E-state index in [1.54, 1.807) is 6.20 Å². The first-order chi connectivity index (χ1) is 12.4. The van der Waals surface area contributed by atoms with Crippen molar-refractivity contribution in [2.75, 3.05) is 18.0 Å². The van der Waals surface area contributed by atoms with Crippen LogP contribution in [0.4, 0.5) is 10.6 Å². The van der Waals surface area contributed by atoms with Gasteiger partial charge in [-0.3, -0.25) is 9.80 Å². The SMILES string of the molecule is CCCCN1CCCC1c1cccnc1N(C(=O)OC(C)(C)C)C1CC1. The van der Waals surface area contributed by atoms with E-state index >= 15 is 0 Å². The molecule has 5 nitrogen and oxygen atoms in total. The monoisotopic (exact) mass is 359 g/mol. The molecule has 1 saturated carbocycles. The molecule has 0 N–H and O–H groups in total. The van der Waals surface area contributed by atoms with Gasteiger partial charge in [-0.2, -0.15) is 0 Å². The summed E-state index contributed by atoms with van der Waals surface area (Å²) in [6.45, 7) is 10.2. The zero-order valence-corrected chi connectivity index (χ0v) is 16.7. The van der Waals surface area contributed by atoms with E-state index in [2.05, 4.69) is 22.9 Å². The Morgan fingerprint density at radius 3 is 2.77 bits per heavy atom. The van der Waals surface area contributed by atoms with Crippen LogP contribution in [0, 0.1) is 0 Å². The number of hydrogen-bond acceptors (Lipinski definition) is 4. The van der Waals surface area contributed by atoms with Gasteiger partial charge < -0.3 is 4.74 Å². The normalized spacial score (nSPS) is 21.0. The molecule has 0 aromatic carbocycles. The van der Waals surface area contributed by atoms with Gasteiger partial charge in [-0.15, -0.1) is 0 Å². The van der Waals surface area contributed by atoms with Crippen molar-refractivity contribution in [3.05, 3.63) is 23.9 Å². The molecule has 1 amide bonds. The molecule has 1 aromatic heterocycles. The van der Waals surface area contributed by atoms with Gasteiger partial charge in [-0.05, 0) is 72.0 Å². The van der Waals surface area contributed by atoms with Crippen LogP contribution >= 0.6 is 0 Å². The van der Waals surface area contributed by atoms with Crippen molar-refractivity contribution in [3.8, 4) is 0 Å². The molecule has 144 valence electrons. The van der Waals surface area contributed by atoms with E-state index in [0.717, 1.165) is 38.2 Å². The average molecular weight is 360 g/mol. The fourth-order valence-corrected chi connectivity index (χ4v) is 3.73. The Bertz CT molecular complexity index is 622. The number of rotatable bonds is 6. The molecule has 3 rings (SSSR count). The Balaban J connectivity index is 1.88. The van der Waals surface area contributed by atoms with Crippen LogP contribution in [0.15, 0.2) is 18.3 Å². The average Bonchev–Trinajstić information content (AvgIpc) is 3.29. The highest BCUT2D eigenvalue weighted by Crippen LogP contribution is 2.40. The van der Waals surface area contributed by atoms with E-state index < -0.39 is 5.60 Å². The Labute approximate surface area is 157 Å². The summed E-state index contributed by atoms with van der Waals surface area (Å²) in [5.41, 5.74) is 0.679. The molecular formula is C21H33N3O2. The van der Waals surface area contributed by atoms with Crippen LogP contribution in [0.3, 0.4) is 0 Å². The van der Waals surface area contributed by atoms with Crippen molar-refractivity contribution >= 4 is 11.9 Å². The Kier molecular flexibility index (Phi) is 5.86. The fourth-order valence-electron chi connectivity index (χ4n) is 3.73. The van der Waals surface area contributed by atoms with Gasteiger partial charge in [0.05, 0.1) is 0 Å². The lowest BCUT2D eigenvalue weighted by atomic mass is 10.0. The van der Waals surface area contributed by atoms with Crippen molar-refractivity contribution in [2.24, 2.45) is 0 Å². The first-order valence-electron chi connectivity index (χ1n) is 10.1. The summed E-state index contributed by atoms with van der Waals surface area (Å²) in [6.07, 6.45) is 8.34. The van der Waals surface area contributed by atoms with Gasteiger partial charge in [-0.1, -0.05) is 19.4 Å². The second-order valence-electron chi connectivity index (χ2n) is 8.55. The van der Waals surface area contributed by atoms with Gasteiger partial charge in [0.25, 0.3) is 0 Å². The van der Waals surface area contributed by atoms with Crippen molar-refractivity contribution in [1.82, 2.24) is 9.88 Å². The highest BCUT2D eigenvalue weighted by molar-refractivity contribution is 5.89. The number of likely N-dealkylation sites (tertiary alicyclic amines) is 1. The molecule has 2 heterocycles. The standard InChI is InChI=1S/C21H33N3O2/c1-5-6-14-23-15-8-10-18(23)17-9-7-13-22-19(17)24(16-11-12-16)20(25)26-21(2,3)4/h7,9,13,16,18H,5-6,8,10-12,14-15H2,1-4H3. The van der Waals surface area contributed by atoms with E-state index in [0.29, 0.717) is 6.04 Å². The predicted octanol–water partition coefficient (Wildman–Crippen LogP) is 4.92. The number of ether oxygens (including phenoxy) is 1. The molecule has 1 aliphatic heterocycles. The molecule has 1 aromatic rings. The first kappa shape index (κ1) is 19.2. The number of carbonyl (C=O) groups excluding carboxylic acids is 1. The number of amides is 1. The minimum Gasteiger partial charge on any atom is -0.443 e. The summed E-state index contributed by atoms with van der Waals surface area (Å²) in [5, 5.41) is 0. The van der Waals surface area contributed by atoms with Crippen LogP contribution in [0.5, 0.6) is 0 Å². The van der Waals surface area contributed by atoms with Crippen LogP contribution in [-0.2, 0) is 4.74 Å². The zero-order chi connectivity index (χ0) is 18.7. The molecule has 1 unspecified atom stereocenters. The molecule has 0 bridgehead atoms. The summed E-state index contributed by atoms with van der Waals surface area (Å²) < 4.78 is 5.70. The molecule has 1 atom stereocenters. The molecule has 2 fully saturated rings. The first-order valence-corrected chi connectivity index (χ1v) is 10.1. The van der Waals surface area contributed by atoms with Gasteiger partial charge in [-0.25, -0.2) is 9.78 Å². The quantitative estimate of drug-likeness (QED) is 0.723. The minimum atomic E-state index is -0.500. The second kappa shape index (κ2) is 7.95. The van der Waals surface area contributed by atoms with Crippen molar-refractivity contribution in [2.45, 2.75) is 83.9 Å². The maximum absolute atomic E-state index is 12.9. The number of pyridine rings is 1. The predicted molar refractivity (Wildman–Crippen MR) is 104 cm³/mol. The van der Waals surface area contributed by atoms with Crippen molar-refractivity contribution < 1.29 is 9.53 Å². The fraction of sp³-hybridized carbons (Fsp3) is 0.714. The maximum atomic E-state index is 12.9. The van der Waals surface area contributed by atoms with Crippen LogP contribution in [-0.4, -0.2) is 40.7 Å². The molecule has 0 radical (unpaired) electrons. The molecule has 1 aliphatic carbocycles. The Morgan fingerprint density at radius 1 is 1.35 bits per heavy atom. The summed E-state index contributed by atoms with van der Waals surface area (Å²) in [7, 11) is 0. The smallest absolute Gasteiger partial charge is 0.416 e. The third-order valence-electron chi connectivity index (χ3n) is 5.07. The Hall–Kier alpha value is -1.62. The molecular weight excluding hydrogens is 326 g/mol.